The summed E-state index contributed by atoms with van der Waals surface area (Å²) in [7, 11) is 0. The van der Waals surface area contributed by atoms with Gasteiger partial charge in [-0.2, -0.15) is 0 Å². The summed E-state index contributed by atoms with van der Waals surface area (Å²) in [5, 5.41) is 2.61. The molecule has 0 atom stereocenters. The zero-order valence-corrected chi connectivity index (χ0v) is 42.8. The van der Waals surface area contributed by atoms with E-state index in [-0.39, 0.29) is 0 Å². The molecule has 0 radical (unpaired) electrons. The molecule has 1 aromatic heterocycles. The van der Waals surface area contributed by atoms with Crippen molar-refractivity contribution in [2.75, 3.05) is 9.80 Å². The number of thiophene rings is 1. The fraction of sp³-hybridized carbons (Fsp3) is 0.0270. The van der Waals surface area contributed by atoms with Crippen molar-refractivity contribution in [2.24, 2.45) is 0 Å². The molecule has 12 aromatic carbocycles. The first-order valence-corrected chi connectivity index (χ1v) is 27.5. The van der Waals surface area contributed by atoms with Crippen LogP contribution in [0.25, 0.3) is 53.6 Å². The number of fused-ring (bicyclic) bond motifs is 15. The Hall–Kier alpha value is -9.54. The van der Waals surface area contributed by atoms with E-state index in [1.54, 1.807) is 0 Å². The number of benzene rings is 12. The van der Waals surface area contributed by atoms with Gasteiger partial charge in [-0.05, 0) is 133 Å². The second kappa shape index (κ2) is 17.0. The van der Waals surface area contributed by atoms with E-state index in [0.29, 0.717) is 0 Å². The van der Waals surface area contributed by atoms with Crippen LogP contribution in [0.5, 0.6) is 0 Å². The van der Waals surface area contributed by atoms with Crippen LogP contribution in [-0.2, 0) is 10.8 Å². The quantitative estimate of drug-likeness (QED) is 0.157. The minimum Gasteiger partial charge on any atom is -0.310 e. The van der Waals surface area contributed by atoms with Crippen molar-refractivity contribution in [3.63, 3.8) is 0 Å². The highest BCUT2D eigenvalue weighted by Crippen LogP contribution is 2.66. The van der Waals surface area contributed by atoms with Crippen molar-refractivity contribution in [2.45, 2.75) is 10.8 Å². The monoisotopic (exact) mass is 996 g/mol. The Morgan fingerprint density at radius 2 is 0.831 bits per heavy atom. The fourth-order valence-corrected chi connectivity index (χ4v) is 15.2. The van der Waals surface area contributed by atoms with Crippen LogP contribution in [0.4, 0.5) is 34.1 Å². The van der Waals surface area contributed by atoms with Gasteiger partial charge in [0.15, 0.2) is 0 Å². The molecule has 1 aliphatic heterocycles. The molecule has 2 aliphatic carbocycles. The van der Waals surface area contributed by atoms with Crippen LogP contribution in [0.15, 0.2) is 291 Å². The number of para-hydroxylation sites is 3. The number of nitrogens with zero attached hydrogens (tertiary/aromatic N) is 2. The highest BCUT2D eigenvalue weighted by Gasteiger charge is 2.53. The Bertz CT molecular complexity index is 4370. The largest absolute Gasteiger partial charge is 0.310 e. The van der Waals surface area contributed by atoms with Gasteiger partial charge in [-0.15, -0.1) is 11.3 Å². The van der Waals surface area contributed by atoms with E-state index < -0.39 is 10.8 Å². The first-order chi connectivity index (χ1) is 38.2. The Balaban J connectivity index is 0.967. The van der Waals surface area contributed by atoms with Crippen LogP contribution in [0.1, 0.15) is 44.5 Å². The Kier molecular flexibility index (Phi) is 9.67. The Morgan fingerprint density at radius 1 is 0.325 bits per heavy atom. The highest BCUT2D eigenvalue weighted by atomic mass is 32.1. The highest BCUT2D eigenvalue weighted by molar-refractivity contribution is 7.26. The summed E-state index contributed by atoms with van der Waals surface area (Å²) in [5.41, 5.74) is 23.2. The molecule has 0 saturated heterocycles. The average Bonchev–Trinajstić information content (AvgIpc) is 4.35. The van der Waals surface area contributed by atoms with Gasteiger partial charge in [-0.25, -0.2) is 0 Å². The van der Waals surface area contributed by atoms with Gasteiger partial charge in [0.1, 0.15) is 0 Å². The van der Waals surface area contributed by atoms with Gasteiger partial charge >= 0.3 is 0 Å². The van der Waals surface area contributed by atoms with Crippen LogP contribution in [0, 0.1) is 0 Å². The number of hydrogen-bond acceptors (Lipinski definition) is 3. The summed E-state index contributed by atoms with van der Waals surface area (Å²) in [6.07, 6.45) is 0. The molecule has 0 N–H and O–H groups in total. The van der Waals surface area contributed by atoms with Crippen molar-refractivity contribution >= 4 is 65.6 Å². The molecule has 13 aromatic rings. The van der Waals surface area contributed by atoms with Gasteiger partial charge in [-0.3, -0.25) is 0 Å². The van der Waals surface area contributed by atoms with Gasteiger partial charge in [0, 0.05) is 42.8 Å². The van der Waals surface area contributed by atoms with Gasteiger partial charge in [-0.1, -0.05) is 231 Å². The van der Waals surface area contributed by atoms with Crippen LogP contribution in [0.2, 0.25) is 0 Å². The third-order valence-electron chi connectivity index (χ3n) is 16.9. The summed E-state index contributed by atoms with van der Waals surface area (Å²) < 4.78 is 2.63. The minimum absolute atomic E-state index is 0.571. The maximum atomic E-state index is 2.55. The second-order valence-corrected chi connectivity index (χ2v) is 21.7. The third-order valence-corrected chi connectivity index (χ3v) is 18.2. The van der Waals surface area contributed by atoms with E-state index in [4.69, 9.17) is 0 Å². The lowest BCUT2D eigenvalue weighted by molar-refractivity contribution is 0.752. The van der Waals surface area contributed by atoms with Crippen LogP contribution < -0.4 is 9.80 Å². The van der Waals surface area contributed by atoms with E-state index in [1.165, 1.54) is 109 Å². The third kappa shape index (κ3) is 6.12. The Morgan fingerprint density at radius 3 is 1.53 bits per heavy atom. The number of hydrogen-bond donors (Lipinski definition) is 0. The smallest absolute Gasteiger partial charge is 0.0755 e. The molecule has 0 bridgehead atoms. The minimum atomic E-state index is -0.617. The lowest BCUT2D eigenvalue weighted by Gasteiger charge is -2.45. The van der Waals surface area contributed by atoms with Gasteiger partial charge in [0.25, 0.3) is 0 Å². The molecule has 360 valence electrons. The van der Waals surface area contributed by atoms with Crippen molar-refractivity contribution in [3.8, 4) is 33.4 Å². The first-order valence-electron chi connectivity index (χ1n) is 26.7. The summed E-state index contributed by atoms with van der Waals surface area (Å²) >= 11 is 1.88. The lowest BCUT2D eigenvalue weighted by atomic mass is 9.64. The van der Waals surface area contributed by atoms with Gasteiger partial charge < -0.3 is 9.80 Å². The summed E-state index contributed by atoms with van der Waals surface area (Å²) in [6.45, 7) is 0. The summed E-state index contributed by atoms with van der Waals surface area (Å²) in [4.78, 5) is 5.02. The molecule has 0 amide bonds. The molecule has 0 saturated carbocycles. The topological polar surface area (TPSA) is 6.48 Å². The summed E-state index contributed by atoms with van der Waals surface area (Å²) in [5.74, 6) is 0. The second-order valence-electron chi connectivity index (χ2n) is 20.6. The molecule has 77 heavy (non-hydrogen) atoms. The van der Waals surface area contributed by atoms with Crippen molar-refractivity contribution in [1.29, 1.82) is 0 Å². The first kappa shape index (κ1) is 43.8. The Labute approximate surface area is 452 Å². The fourth-order valence-electron chi connectivity index (χ4n) is 13.9. The normalized spacial score (nSPS) is 13.9. The predicted octanol–water partition coefficient (Wildman–Crippen LogP) is 19.7. The van der Waals surface area contributed by atoms with Crippen molar-refractivity contribution in [1.82, 2.24) is 0 Å². The summed E-state index contributed by atoms with van der Waals surface area (Å²) in [6, 6.07) is 109. The number of rotatable bonds is 7. The van der Waals surface area contributed by atoms with Crippen LogP contribution in [-0.4, -0.2) is 0 Å². The number of anilines is 6. The van der Waals surface area contributed by atoms with Crippen LogP contribution in [0.3, 0.4) is 0 Å². The standard InChI is InChI=1S/C74H48N2S/c1-4-22-50(23-5-1)73(51-24-6-2-7-25-51)61-33-13-10-28-56(61)57-47-46-54(48-66(57)73)75(53-44-42-49(43-45-53)55-31-20-32-59-58-29-12-19-41-70(58)77-72(55)59)69-40-21-37-65-71(69)60-30-11-14-34-62(60)74(65)63-35-15-17-38-67(63)76(52-26-8-3-9-27-52)68-39-18-16-36-64(68)74/h1-48H. The molecule has 2 nitrogen and oxygen atoms in total. The van der Waals surface area contributed by atoms with Crippen molar-refractivity contribution in [3.05, 3.63) is 336 Å². The molecule has 3 heteroatoms. The zero-order valence-electron chi connectivity index (χ0n) is 42.0. The lowest BCUT2D eigenvalue weighted by Crippen LogP contribution is -2.36. The van der Waals surface area contributed by atoms with E-state index in [1.807, 2.05) is 11.3 Å². The van der Waals surface area contributed by atoms with E-state index in [9.17, 15) is 0 Å². The zero-order chi connectivity index (χ0) is 50.7. The molecule has 0 unspecified atom stereocenters. The maximum absolute atomic E-state index is 2.55. The average molecular weight is 997 g/mol. The SMILES string of the molecule is c1ccc(N2c3ccccc3C3(c4ccccc4-c4c(N(c5ccc(-c6cccc7c6sc6ccccc67)cc5)c5ccc6c(c5)C(c5ccccc5)(c5ccccc5)c5ccccc5-6)cccc43)c3ccccc32)cc1. The van der Waals surface area contributed by atoms with E-state index in [0.717, 1.165) is 22.7 Å². The molecule has 1 spiro atoms. The van der Waals surface area contributed by atoms with Gasteiger partial charge in [0.05, 0.1) is 27.9 Å². The molecule has 2 heterocycles. The van der Waals surface area contributed by atoms with E-state index in [2.05, 4.69) is 301 Å². The molecule has 16 rings (SSSR count). The maximum Gasteiger partial charge on any atom is 0.0755 e. The molecule has 0 fully saturated rings. The predicted molar refractivity (Wildman–Crippen MR) is 322 cm³/mol. The van der Waals surface area contributed by atoms with Gasteiger partial charge in [0.2, 0.25) is 0 Å². The molecule has 3 aliphatic rings. The van der Waals surface area contributed by atoms with Crippen molar-refractivity contribution < 1.29 is 0 Å². The van der Waals surface area contributed by atoms with Crippen LogP contribution >= 0.6 is 11.3 Å². The van der Waals surface area contributed by atoms with E-state index >= 15 is 0 Å². The molecular weight excluding hydrogens is 949 g/mol. The molecular formula is C74H48N2S.